The van der Waals surface area contributed by atoms with Gasteiger partial charge < -0.3 is 9.47 Å². The Morgan fingerprint density at radius 1 is 1.50 bits per heavy atom. The predicted molar refractivity (Wildman–Crippen MR) is 46.2 cm³/mol. The highest BCUT2D eigenvalue weighted by molar-refractivity contribution is 7.80. The number of thiol groups is 1. The average Bonchev–Trinajstić information content (AvgIpc) is 2.04. The van der Waals surface area contributed by atoms with Crippen molar-refractivity contribution in [1.82, 2.24) is 0 Å². The highest BCUT2D eigenvalue weighted by Crippen LogP contribution is 2.25. The maximum Gasteiger partial charge on any atom is 0.188 e. The molecule has 0 aliphatic carbocycles. The van der Waals surface area contributed by atoms with Crippen LogP contribution < -0.4 is 4.74 Å². The molecule has 1 aromatic rings. The van der Waals surface area contributed by atoms with Crippen LogP contribution in [-0.4, -0.2) is 13.9 Å². The van der Waals surface area contributed by atoms with E-state index in [-0.39, 0.29) is 12.5 Å². The molecular weight excluding hydrogens is 179 g/mol. The largest absolute Gasteiger partial charge is 0.463 e. The van der Waals surface area contributed by atoms with Gasteiger partial charge in [-0.15, -0.1) is 12.6 Å². The van der Waals surface area contributed by atoms with Crippen LogP contribution in [0.2, 0.25) is 0 Å². The second-order valence-corrected chi connectivity index (χ2v) is 2.62. The maximum absolute atomic E-state index is 12.9. The summed E-state index contributed by atoms with van der Waals surface area (Å²) in [6, 6.07) is 4.53. The summed E-state index contributed by atoms with van der Waals surface area (Å²) in [5, 5.41) is 0. The minimum absolute atomic E-state index is 0.0223. The number of methoxy groups -OCH3 is 1. The van der Waals surface area contributed by atoms with Crippen molar-refractivity contribution >= 4 is 12.6 Å². The van der Waals surface area contributed by atoms with Crippen molar-refractivity contribution in [2.75, 3.05) is 13.9 Å². The van der Waals surface area contributed by atoms with Crippen LogP contribution >= 0.6 is 12.6 Å². The van der Waals surface area contributed by atoms with Gasteiger partial charge in [-0.2, -0.15) is 0 Å². The molecule has 0 aliphatic heterocycles. The van der Waals surface area contributed by atoms with E-state index in [0.29, 0.717) is 4.90 Å². The van der Waals surface area contributed by atoms with Gasteiger partial charge in [0.25, 0.3) is 0 Å². The number of hydrogen-bond donors (Lipinski definition) is 1. The third kappa shape index (κ3) is 2.12. The van der Waals surface area contributed by atoms with Crippen molar-refractivity contribution < 1.29 is 13.9 Å². The van der Waals surface area contributed by atoms with Gasteiger partial charge >= 0.3 is 0 Å². The number of halogens is 1. The van der Waals surface area contributed by atoms with E-state index >= 15 is 0 Å². The lowest BCUT2D eigenvalue weighted by molar-refractivity contribution is 0.0462. The minimum Gasteiger partial charge on any atom is -0.463 e. The van der Waals surface area contributed by atoms with Gasteiger partial charge in [-0.1, -0.05) is 6.07 Å². The molecular formula is C8H9FO2S. The Labute approximate surface area is 75.7 Å². The molecule has 12 heavy (non-hydrogen) atoms. The number of benzene rings is 1. The Kier molecular flexibility index (Phi) is 3.37. The first kappa shape index (κ1) is 9.35. The zero-order valence-electron chi connectivity index (χ0n) is 6.58. The topological polar surface area (TPSA) is 18.5 Å². The Bertz CT molecular complexity index is 245. The molecule has 1 rings (SSSR count). The molecule has 0 spiro atoms. The quantitative estimate of drug-likeness (QED) is 0.578. The Balaban J connectivity index is 2.81. The minimum atomic E-state index is -0.431. The third-order valence-corrected chi connectivity index (χ3v) is 1.62. The molecule has 2 nitrogen and oxygen atoms in total. The molecule has 4 heteroatoms. The molecule has 0 fully saturated rings. The number of rotatable bonds is 3. The molecule has 0 aliphatic rings. The Hall–Kier alpha value is -0.740. The fourth-order valence-corrected chi connectivity index (χ4v) is 1.02. The van der Waals surface area contributed by atoms with Crippen LogP contribution in [0.1, 0.15) is 0 Å². The third-order valence-electron chi connectivity index (χ3n) is 1.27. The Morgan fingerprint density at radius 3 is 2.83 bits per heavy atom. The van der Waals surface area contributed by atoms with Crippen molar-refractivity contribution in [3.05, 3.63) is 24.0 Å². The van der Waals surface area contributed by atoms with Gasteiger partial charge in [-0.05, 0) is 12.1 Å². The SMILES string of the molecule is COCOc1c(F)cccc1S. The first-order valence-corrected chi connectivity index (χ1v) is 3.79. The summed E-state index contributed by atoms with van der Waals surface area (Å²) in [6.45, 7) is 0.0223. The summed E-state index contributed by atoms with van der Waals surface area (Å²) in [4.78, 5) is 0.465. The highest BCUT2D eigenvalue weighted by atomic mass is 32.1. The van der Waals surface area contributed by atoms with Crippen LogP contribution in [0.25, 0.3) is 0 Å². The molecule has 0 N–H and O–H groups in total. The highest BCUT2D eigenvalue weighted by Gasteiger charge is 2.05. The first-order valence-electron chi connectivity index (χ1n) is 3.35. The zero-order chi connectivity index (χ0) is 8.97. The number of ether oxygens (including phenoxy) is 2. The first-order chi connectivity index (χ1) is 5.75. The normalized spacial score (nSPS) is 9.92. The fourth-order valence-electron chi connectivity index (χ4n) is 0.758. The van der Waals surface area contributed by atoms with Crippen LogP contribution in [0.5, 0.6) is 5.75 Å². The maximum atomic E-state index is 12.9. The fraction of sp³-hybridized carbons (Fsp3) is 0.250. The molecule has 66 valence electrons. The summed E-state index contributed by atoms with van der Waals surface area (Å²) >= 11 is 4.02. The van der Waals surface area contributed by atoms with Crippen LogP contribution in [0.3, 0.4) is 0 Å². The molecule has 0 unspecified atom stereocenters. The van der Waals surface area contributed by atoms with E-state index in [1.54, 1.807) is 12.1 Å². The predicted octanol–water partition coefficient (Wildman–Crippen LogP) is 2.10. The molecule has 0 saturated heterocycles. The standard InChI is InChI=1S/C8H9FO2S/c1-10-5-11-8-6(9)3-2-4-7(8)12/h2-4,12H,5H2,1H3. The summed E-state index contributed by atoms with van der Waals surface area (Å²) in [6.07, 6.45) is 0. The van der Waals surface area contributed by atoms with Gasteiger partial charge in [0, 0.05) is 12.0 Å². The molecule has 0 amide bonds. The van der Waals surface area contributed by atoms with Gasteiger partial charge in [0.2, 0.25) is 0 Å². The molecule has 0 bridgehead atoms. The van der Waals surface area contributed by atoms with Crippen LogP contribution in [0, 0.1) is 5.82 Å². The van der Waals surface area contributed by atoms with Gasteiger partial charge in [0.05, 0.1) is 0 Å². The van der Waals surface area contributed by atoms with Gasteiger partial charge in [-0.3, -0.25) is 0 Å². The summed E-state index contributed by atoms with van der Waals surface area (Å²) in [5.41, 5.74) is 0. The van der Waals surface area contributed by atoms with Gasteiger partial charge in [-0.25, -0.2) is 4.39 Å². The van der Waals surface area contributed by atoms with Crippen molar-refractivity contribution in [2.45, 2.75) is 4.90 Å². The van der Waals surface area contributed by atoms with Gasteiger partial charge in [0.15, 0.2) is 18.4 Å². The van der Waals surface area contributed by atoms with Crippen molar-refractivity contribution in [3.63, 3.8) is 0 Å². The van der Waals surface area contributed by atoms with E-state index in [1.807, 2.05) is 0 Å². The van der Waals surface area contributed by atoms with E-state index in [0.717, 1.165) is 0 Å². The van der Waals surface area contributed by atoms with E-state index < -0.39 is 5.82 Å². The molecule has 0 saturated carbocycles. The van der Waals surface area contributed by atoms with E-state index in [1.165, 1.54) is 13.2 Å². The lowest BCUT2D eigenvalue weighted by Gasteiger charge is -2.07. The van der Waals surface area contributed by atoms with Crippen LogP contribution in [-0.2, 0) is 4.74 Å². The van der Waals surface area contributed by atoms with Crippen LogP contribution in [0.4, 0.5) is 4.39 Å². The smallest absolute Gasteiger partial charge is 0.188 e. The second-order valence-electron chi connectivity index (χ2n) is 2.14. The van der Waals surface area contributed by atoms with Crippen LogP contribution in [0.15, 0.2) is 23.1 Å². The Morgan fingerprint density at radius 2 is 2.25 bits per heavy atom. The summed E-state index contributed by atoms with van der Waals surface area (Å²) < 4.78 is 22.5. The summed E-state index contributed by atoms with van der Waals surface area (Å²) in [5.74, 6) is -0.303. The van der Waals surface area contributed by atoms with E-state index in [2.05, 4.69) is 17.4 Å². The molecule has 1 aromatic carbocycles. The second kappa shape index (κ2) is 4.33. The number of para-hydroxylation sites is 1. The van der Waals surface area contributed by atoms with Crippen molar-refractivity contribution in [1.29, 1.82) is 0 Å². The average molecular weight is 188 g/mol. The molecule has 0 radical (unpaired) electrons. The number of hydrogen-bond acceptors (Lipinski definition) is 3. The van der Waals surface area contributed by atoms with E-state index in [9.17, 15) is 4.39 Å². The monoisotopic (exact) mass is 188 g/mol. The molecule has 0 aromatic heterocycles. The molecule has 0 atom stereocenters. The van der Waals surface area contributed by atoms with E-state index in [4.69, 9.17) is 4.74 Å². The van der Waals surface area contributed by atoms with Gasteiger partial charge in [0.1, 0.15) is 0 Å². The summed E-state index contributed by atoms with van der Waals surface area (Å²) in [7, 11) is 1.47. The lowest BCUT2D eigenvalue weighted by atomic mass is 10.3. The van der Waals surface area contributed by atoms with Crippen molar-refractivity contribution in [3.8, 4) is 5.75 Å². The molecule has 0 heterocycles. The zero-order valence-corrected chi connectivity index (χ0v) is 7.48. The van der Waals surface area contributed by atoms with Crippen molar-refractivity contribution in [2.24, 2.45) is 0 Å². The lowest BCUT2D eigenvalue weighted by Crippen LogP contribution is -2.01.